The first kappa shape index (κ1) is 14.2. The van der Waals surface area contributed by atoms with Crippen molar-refractivity contribution in [2.75, 3.05) is 26.7 Å². The zero-order chi connectivity index (χ0) is 13.0. The molecule has 0 aromatic rings. The van der Waals surface area contributed by atoms with Crippen LogP contribution in [0, 0.1) is 5.92 Å². The Balaban J connectivity index is 1.59. The van der Waals surface area contributed by atoms with Crippen molar-refractivity contribution in [3.63, 3.8) is 0 Å². The van der Waals surface area contributed by atoms with E-state index in [1.165, 1.54) is 23.6 Å². The lowest BCUT2D eigenvalue weighted by atomic mass is 9.86. The monoisotopic (exact) mass is 275 g/mol. The average Bonchev–Trinajstić information content (AvgIpc) is 3.05. The number of hydrogen-bond acceptors (Lipinski definition) is 3. The van der Waals surface area contributed by atoms with Crippen LogP contribution in [0.15, 0.2) is 0 Å². The summed E-state index contributed by atoms with van der Waals surface area (Å²) in [6, 6.07) is 0.698. The van der Waals surface area contributed by atoms with Crippen LogP contribution in [0.3, 0.4) is 0 Å². The van der Waals surface area contributed by atoms with Gasteiger partial charge in [-0.15, -0.1) is 0 Å². The van der Waals surface area contributed by atoms with Gasteiger partial charge in [0.15, 0.2) is 0 Å². The fraction of sp³-hybridized carbons (Fsp3) is 1.00. The van der Waals surface area contributed by atoms with E-state index in [-0.39, 0.29) is 0 Å². The van der Waals surface area contributed by atoms with Gasteiger partial charge in [0.1, 0.15) is 0 Å². The van der Waals surface area contributed by atoms with Crippen molar-refractivity contribution in [1.82, 2.24) is 14.3 Å². The normalized spacial score (nSPS) is 21.2. The maximum absolute atomic E-state index is 11.9. The highest BCUT2D eigenvalue weighted by Crippen LogP contribution is 2.25. The average molecular weight is 275 g/mol. The predicted molar refractivity (Wildman–Crippen MR) is 72.5 cm³/mol. The van der Waals surface area contributed by atoms with Crippen molar-refractivity contribution in [2.24, 2.45) is 5.92 Å². The van der Waals surface area contributed by atoms with Gasteiger partial charge in [-0.2, -0.15) is 12.7 Å². The standard InChI is InChI=1S/C12H25N3O2S/c1-15(9-3-8-13-12-6-7-12)18(16,17)14-10-11-4-2-5-11/h11-14H,2-10H2,1H3. The molecule has 0 heterocycles. The molecule has 2 N–H and O–H groups in total. The largest absolute Gasteiger partial charge is 0.314 e. The molecule has 6 heteroatoms. The molecule has 0 spiro atoms. The second-order valence-corrected chi connectivity index (χ2v) is 7.42. The summed E-state index contributed by atoms with van der Waals surface area (Å²) in [5, 5.41) is 3.39. The minimum Gasteiger partial charge on any atom is -0.314 e. The summed E-state index contributed by atoms with van der Waals surface area (Å²) in [4.78, 5) is 0. The van der Waals surface area contributed by atoms with Crippen LogP contribution in [0.1, 0.15) is 38.5 Å². The van der Waals surface area contributed by atoms with Crippen molar-refractivity contribution >= 4 is 10.2 Å². The molecular weight excluding hydrogens is 250 g/mol. The maximum Gasteiger partial charge on any atom is 0.279 e. The highest BCUT2D eigenvalue weighted by atomic mass is 32.2. The molecule has 0 atom stereocenters. The third-order valence-corrected chi connectivity index (χ3v) is 5.38. The zero-order valence-corrected chi connectivity index (χ0v) is 12.0. The Labute approximate surface area is 110 Å². The fourth-order valence-corrected chi connectivity index (χ4v) is 3.08. The topological polar surface area (TPSA) is 61.4 Å². The van der Waals surface area contributed by atoms with Gasteiger partial charge in [-0.05, 0) is 44.6 Å². The molecule has 2 aliphatic rings. The highest BCUT2D eigenvalue weighted by molar-refractivity contribution is 7.87. The summed E-state index contributed by atoms with van der Waals surface area (Å²) in [6.07, 6.45) is 7.00. The molecule has 0 aromatic heterocycles. The van der Waals surface area contributed by atoms with Crippen LogP contribution in [0.4, 0.5) is 0 Å². The van der Waals surface area contributed by atoms with Gasteiger partial charge < -0.3 is 5.32 Å². The van der Waals surface area contributed by atoms with Gasteiger partial charge in [0.05, 0.1) is 0 Å². The Morgan fingerprint density at radius 3 is 2.50 bits per heavy atom. The Hall–Kier alpha value is -0.170. The first-order valence-electron chi connectivity index (χ1n) is 7.02. The molecule has 18 heavy (non-hydrogen) atoms. The third-order valence-electron chi connectivity index (χ3n) is 3.85. The Morgan fingerprint density at radius 1 is 1.22 bits per heavy atom. The summed E-state index contributed by atoms with van der Waals surface area (Å²) in [5.74, 6) is 0.560. The number of nitrogens with one attached hydrogen (secondary N) is 2. The lowest BCUT2D eigenvalue weighted by Gasteiger charge is -2.26. The van der Waals surface area contributed by atoms with E-state index in [9.17, 15) is 8.42 Å². The molecule has 0 radical (unpaired) electrons. The van der Waals surface area contributed by atoms with Crippen LogP contribution >= 0.6 is 0 Å². The minimum absolute atomic E-state index is 0.560. The summed E-state index contributed by atoms with van der Waals surface area (Å²) < 4.78 is 28.0. The molecule has 0 unspecified atom stereocenters. The van der Waals surface area contributed by atoms with E-state index >= 15 is 0 Å². The van der Waals surface area contributed by atoms with Crippen molar-refractivity contribution < 1.29 is 8.42 Å². The van der Waals surface area contributed by atoms with Gasteiger partial charge in [0.25, 0.3) is 10.2 Å². The van der Waals surface area contributed by atoms with Gasteiger partial charge >= 0.3 is 0 Å². The second kappa shape index (κ2) is 6.32. The van der Waals surface area contributed by atoms with E-state index in [0.29, 0.717) is 25.0 Å². The van der Waals surface area contributed by atoms with Crippen molar-refractivity contribution in [3.05, 3.63) is 0 Å². The lowest BCUT2D eigenvalue weighted by molar-refractivity contribution is 0.313. The Bertz CT molecular complexity index is 350. The van der Waals surface area contributed by atoms with Crippen LogP contribution < -0.4 is 10.0 Å². The lowest BCUT2D eigenvalue weighted by Crippen LogP contribution is -2.42. The maximum atomic E-state index is 11.9. The van der Waals surface area contributed by atoms with Crippen LogP contribution in [-0.4, -0.2) is 45.4 Å². The van der Waals surface area contributed by atoms with Gasteiger partial charge in [0.2, 0.25) is 0 Å². The number of nitrogens with zero attached hydrogens (tertiary/aromatic N) is 1. The van der Waals surface area contributed by atoms with E-state index in [0.717, 1.165) is 25.8 Å². The first-order chi connectivity index (χ1) is 8.58. The van der Waals surface area contributed by atoms with Crippen molar-refractivity contribution in [2.45, 2.75) is 44.6 Å². The van der Waals surface area contributed by atoms with Crippen LogP contribution in [0.2, 0.25) is 0 Å². The van der Waals surface area contributed by atoms with E-state index in [2.05, 4.69) is 10.0 Å². The molecule has 106 valence electrons. The highest BCUT2D eigenvalue weighted by Gasteiger charge is 2.23. The molecule has 0 aliphatic heterocycles. The smallest absolute Gasteiger partial charge is 0.279 e. The minimum atomic E-state index is -3.26. The molecule has 0 bridgehead atoms. The van der Waals surface area contributed by atoms with Crippen LogP contribution in [0.25, 0.3) is 0 Å². The SMILES string of the molecule is CN(CCCNC1CC1)S(=O)(=O)NCC1CCC1. The molecule has 5 nitrogen and oxygen atoms in total. The zero-order valence-electron chi connectivity index (χ0n) is 11.2. The number of hydrogen-bond donors (Lipinski definition) is 2. The van der Waals surface area contributed by atoms with Gasteiger partial charge in [0, 0.05) is 26.2 Å². The second-order valence-electron chi connectivity index (χ2n) is 5.55. The quantitative estimate of drug-likeness (QED) is 0.609. The third kappa shape index (κ3) is 4.50. The summed E-state index contributed by atoms with van der Waals surface area (Å²) in [7, 11) is -1.61. The van der Waals surface area contributed by atoms with E-state index in [1.807, 2.05) is 0 Å². The summed E-state index contributed by atoms with van der Waals surface area (Å²) in [5.41, 5.74) is 0. The molecule has 2 aliphatic carbocycles. The Morgan fingerprint density at radius 2 is 1.94 bits per heavy atom. The number of rotatable bonds is 9. The molecule has 2 saturated carbocycles. The van der Waals surface area contributed by atoms with Crippen molar-refractivity contribution in [3.8, 4) is 0 Å². The van der Waals surface area contributed by atoms with Crippen LogP contribution in [0.5, 0.6) is 0 Å². The van der Waals surface area contributed by atoms with Crippen molar-refractivity contribution in [1.29, 1.82) is 0 Å². The fourth-order valence-electron chi connectivity index (χ4n) is 2.05. The predicted octanol–water partition coefficient (Wildman–Crippen LogP) is 0.695. The Kier molecular flexibility index (Phi) is 5.00. The van der Waals surface area contributed by atoms with Gasteiger partial charge in [-0.1, -0.05) is 6.42 Å². The molecule has 0 aromatic carbocycles. The van der Waals surface area contributed by atoms with Gasteiger partial charge in [-0.25, -0.2) is 4.72 Å². The molecule has 0 amide bonds. The van der Waals surface area contributed by atoms with E-state index < -0.39 is 10.2 Å². The van der Waals surface area contributed by atoms with Gasteiger partial charge in [-0.3, -0.25) is 0 Å². The first-order valence-corrected chi connectivity index (χ1v) is 8.46. The molecule has 2 rings (SSSR count). The van der Waals surface area contributed by atoms with Crippen LogP contribution in [-0.2, 0) is 10.2 Å². The van der Waals surface area contributed by atoms with E-state index in [4.69, 9.17) is 0 Å². The van der Waals surface area contributed by atoms with E-state index in [1.54, 1.807) is 7.05 Å². The molecule has 2 fully saturated rings. The molecular formula is C12H25N3O2S. The molecule has 0 saturated heterocycles. The summed E-state index contributed by atoms with van der Waals surface area (Å²) >= 11 is 0. The summed E-state index contributed by atoms with van der Waals surface area (Å²) in [6.45, 7) is 2.10.